The number of amides is 1. The van der Waals surface area contributed by atoms with Crippen LogP contribution in [-0.4, -0.2) is 21.9 Å². The zero-order chi connectivity index (χ0) is 14.7. The molecule has 0 radical (unpaired) electrons. The summed E-state index contributed by atoms with van der Waals surface area (Å²) in [6.07, 6.45) is 1.73. The van der Waals surface area contributed by atoms with E-state index in [-0.39, 0.29) is 5.91 Å². The summed E-state index contributed by atoms with van der Waals surface area (Å²) in [5.41, 5.74) is 7.83. The van der Waals surface area contributed by atoms with Gasteiger partial charge in [0.2, 0.25) is 0 Å². The monoisotopic (exact) mass is 291 g/mol. The highest BCUT2D eigenvalue weighted by atomic mass is 35.5. The lowest BCUT2D eigenvalue weighted by atomic mass is 10.2. The fourth-order valence-electron chi connectivity index (χ4n) is 2.12. The Morgan fingerprint density at radius 3 is 2.65 bits per heavy atom. The van der Waals surface area contributed by atoms with Gasteiger partial charge in [0.05, 0.1) is 5.69 Å². The maximum Gasteiger partial charge on any atom is 0.270 e. The van der Waals surface area contributed by atoms with Crippen molar-refractivity contribution in [1.29, 1.82) is 0 Å². The fraction of sp³-hybridized carbons (Fsp3) is 0.267. The van der Waals surface area contributed by atoms with Crippen LogP contribution in [0, 0.1) is 0 Å². The first kappa shape index (κ1) is 14.5. The first-order chi connectivity index (χ1) is 9.52. The van der Waals surface area contributed by atoms with E-state index in [1.165, 1.54) is 0 Å². The average molecular weight is 292 g/mol. The number of hydrogen-bond acceptors (Lipinski definition) is 2. The molecule has 0 aliphatic carbocycles. The fourth-order valence-corrected chi connectivity index (χ4v) is 2.32. The lowest BCUT2D eigenvalue weighted by Crippen LogP contribution is -2.31. The summed E-state index contributed by atoms with van der Waals surface area (Å²) in [4.78, 5) is 14.3. The van der Waals surface area contributed by atoms with Gasteiger partial charge in [-0.3, -0.25) is 4.79 Å². The molecule has 0 spiro atoms. The highest BCUT2D eigenvalue weighted by molar-refractivity contribution is 6.31. The Kier molecular flexibility index (Phi) is 4.35. The van der Waals surface area contributed by atoms with Crippen molar-refractivity contribution >= 4 is 23.2 Å². The number of nitrogens with zero attached hydrogens (tertiary/aromatic N) is 2. The van der Waals surface area contributed by atoms with Crippen LogP contribution >= 0.6 is 11.6 Å². The van der Waals surface area contributed by atoms with Crippen molar-refractivity contribution in [3.8, 4) is 0 Å². The van der Waals surface area contributed by atoms with Crippen molar-refractivity contribution in [2.45, 2.75) is 13.5 Å². The molecule has 1 aromatic carbocycles. The van der Waals surface area contributed by atoms with Gasteiger partial charge in [-0.25, -0.2) is 0 Å². The average Bonchev–Trinajstić information content (AvgIpc) is 2.76. The molecule has 106 valence electrons. The lowest BCUT2D eigenvalue weighted by molar-refractivity contribution is 0.0743. The van der Waals surface area contributed by atoms with Crippen molar-refractivity contribution in [3.05, 3.63) is 52.8 Å². The van der Waals surface area contributed by atoms with Gasteiger partial charge in [0.1, 0.15) is 5.69 Å². The van der Waals surface area contributed by atoms with Crippen molar-refractivity contribution in [2.75, 3.05) is 12.3 Å². The number of aryl methyl sites for hydroxylation is 1. The number of nitrogens with two attached hydrogens (primary N) is 1. The van der Waals surface area contributed by atoms with E-state index in [0.717, 1.165) is 5.56 Å². The highest BCUT2D eigenvalue weighted by Gasteiger charge is 2.18. The number of carbonyl (C=O) groups excluding carboxylic acids is 1. The van der Waals surface area contributed by atoms with Gasteiger partial charge in [0.25, 0.3) is 5.91 Å². The van der Waals surface area contributed by atoms with Crippen LogP contribution in [0.4, 0.5) is 5.69 Å². The Morgan fingerprint density at radius 1 is 1.40 bits per heavy atom. The summed E-state index contributed by atoms with van der Waals surface area (Å²) in [7, 11) is 1.81. The van der Waals surface area contributed by atoms with E-state index in [0.29, 0.717) is 29.5 Å². The molecular weight excluding hydrogens is 274 g/mol. The molecule has 20 heavy (non-hydrogen) atoms. The quantitative estimate of drug-likeness (QED) is 0.941. The molecule has 1 aromatic heterocycles. The van der Waals surface area contributed by atoms with Crippen LogP contribution in [-0.2, 0) is 13.6 Å². The number of aromatic nitrogens is 1. The summed E-state index contributed by atoms with van der Waals surface area (Å²) in [6, 6.07) is 9.24. The molecule has 0 bridgehead atoms. The molecule has 0 saturated heterocycles. The summed E-state index contributed by atoms with van der Waals surface area (Å²) >= 11 is 6.15. The van der Waals surface area contributed by atoms with Crippen molar-refractivity contribution in [3.63, 3.8) is 0 Å². The molecule has 0 aliphatic heterocycles. The van der Waals surface area contributed by atoms with E-state index in [1.807, 2.05) is 38.2 Å². The summed E-state index contributed by atoms with van der Waals surface area (Å²) in [5, 5.41) is 0.671. The first-order valence-corrected chi connectivity index (χ1v) is 6.85. The van der Waals surface area contributed by atoms with E-state index >= 15 is 0 Å². The molecular formula is C15H18ClN3O. The standard InChI is InChI=1S/C15H18ClN3O/c1-3-19(9-11-6-4-5-7-13(11)16)15(20)14-8-12(17)10-18(14)2/h4-8,10H,3,9,17H2,1-2H3. The van der Waals surface area contributed by atoms with Gasteiger partial charge >= 0.3 is 0 Å². The van der Waals surface area contributed by atoms with E-state index in [4.69, 9.17) is 17.3 Å². The maximum absolute atomic E-state index is 12.5. The second kappa shape index (κ2) is 6.01. The summed E-state index contributed by atoms with van der Waals surface area (Å²) < 4.78 is 1.74. The predicted molar refractivity (Wildman–Crippen MR) is 81.7 cm³/mol. The second-order valence-electron chi connectivity index (χ2n) is 4.68. The third kappa shape index (κ3) is 2.96. The SMILES string of the molecule is CCN(Cc1ccccc1Cl)C(=O)c1cc(N)cn1C. The Balaban J connectivity index is 2.22. The van der Waals surface area contributed by atoms with Gasteiger partial charge in [-0.05, 0) is 24.6 Å². The molecule has 1 heterocycles. The summed E-state index contributed by atoms with van der Waals surface area (Å²) in [6.45, 7) is 3.04. The van der Waals surface area contributed by atoms with Crippen LogP contribution in [0.1, 0.15) is 23.0 Å². The Morgan fingerprint density at radius 2 is 2.10 bits per heavy atom. The maximum atomic E-state index is 12.5. The predicted octanol–water partition coefficient (Wildman–Crippen LogP) is 2.92. The smallest absolute Gasteiger partial charge is 0.270 e. The van der Waals surface area contributed by atoms with Crippen LogP contribution in [0.2, 0.25) is 5.02 Å². The van der Waals surface area contributed by atoms with E-state index < -0.39 is 0 Å². The topological polar surface area (TPSA) is 51.3 Å². The van der Waals surface area contributed by atoms with E-state index in [1.54, 1.807) is 21.7 Å². The molecule has 5 heteroatoms. The normalized spacial score (nSPS) is 10.6. The molecule has 0 unspecified atom stereocenters. The Labute approximate surface area is 123 Å². The minimum atomic E-state index is -0.0494. The highest BCUT2D eigenvalue weighted by Crippen LogP contribution is 2.19. The molecule has 2 N–H and O–H groups in total. The van der Waals surface area contributed by atoms with Gasteiger partial charge in [-0.1, -0.05) is 29.8 Å². The minimum absolute atomic E-state index is 0.0494. The van der Waals surface area contributed by atoms with Crippen molar-refractivity contribution in [2.24, 2.45) is 7.05 Å². The molecule has 0 aliphatic rings. The zero-order valence-electron chi connectivity index (χ0n) is 11.6. The Bertz CT molecular complexity index is 621. The molecule has 0 atom stereocenters. The van der Waals surface area contributed by atoms with Gasteiger partial charge in [-0.2, -0.15) is 0 Å². The number of halogens is 1. The van der Waals surface area contributed by atoms with Crippen LogP contribution in [0.15, 0.2) is 36.5 Å². The number of anilines is 1. The number of rotatable bonds is 4. The van der Waals surface area contributed by atoms with Gasteiger partial charge in [-0.15, -0.1) is 0 Å². The van der Waals surface area contributed by atoms with Gasteiger partial charge in [0, 0.05) is 31.4 Å². The second-order valence-corrected chi connectivity index (χ2v) is 5.09. The van der Waals surface area contributed by atoms with Crippen molar-refractivity contribution in [1.82, 2.24) is 9.47 Å². The van der Waals surface area contributed by atoms with Crippen LogP contribution in [0.3, 0.4) is 0 Å². The van der Waals surface area contributed by atoms with Crippen LogP contribution in [0.5, 0.6) is 0 Å². The molecule has 1 amide bonds. The van der Waals surface area contributed by atoms with Crippen LogP contribution in [0.25, 0.3) is 0 Å². The third-order valence-corrected chi connectivity index (χ3v) is 3.60. The number of nitrogen functional groups attached to an aromatic ring is 1. The van der Waals surface area contributed by atoms with Gasteiger partial charge in [0.15, 0.2) is 0 Å². The summed E-state index contributed by atoms with van der Waals surface area (Å²) in [5.74, 6) is -0.0494. The molecule has 4 nitrogen and oxygen atoms in total. The number of hydrogen-bond donors (Lipinski definition) is 1. The van der Waals surface area contributed by atoms with E-state index in [2.05, 4.69) is 0 Å². The van der Waals surface area contributed by atoms with Crippen molar-refractivity contribution < 1.29 is 4.79 Å². The largest absolute Gasteiger partial charge is 0.397 e. The molecule has 0 saturated carbocycles. The number of benzene rings is 1. The minimum Gasteiger partial charge on any atom is -0.397 e. The Hall–Kier alpha value is -1.94. The first-order valence-electron chi connectivity index (χ1n) is 6.47. The van der Waals surface area contributed by atoms with Gasteiger partial charge < -0.3 is 15.2 Å². The lowest BCUT2D eigenvalue weighted by Gasteiger charge is -2.21. The van der Waals surface area contributed by atoms with E-state index in [9.17, 15) is 4.79 Å². The molecule has 2 aromatic rings. The third-order valence-electron chi connectivity index (χ3n) is 3.23. The number of carbonyl (C=O) groups is 1. The van der Waals surface area contributed by atoms with Crippen LogP contribution < -0.4 is 5.73 Å². The molecule has 2 rings (SSSR count). The molecule has 0 fully saturated rings. The zero-order valence-corrected chi connectivity index (χ0v) is 12.4.